The van der Waals surface area contributed by atoms with Crippen LogP contribution in [-0.4, -0.2) is 61.8 Å². The molecule has 10 heteroatoms. The van der Waals surface area contributed by atoms with Crippen molar-refractivity contribution < 1.29 is 18.8 Å². The van der Waals surface area contributed by atoms with Crippen LogP contribution < -0.4 is 16.0 Å². The number of hydrogen-bond acceptors (Lipinski definition) is 5. The number of amides is 3. The summed E-state index contributed by atoms with van der Waals surface area (Å²) in [5.74, 6) is 0.808. The molecule has 3 amide bonds. The first-order valence-corrected chi connectivity index (χ1v) is 10.8. The number of hydrogen-bond donors (Lipinski definition) is 3. The summed E-state index contributed by atoms with van der Waals surface area (Å²) < 4.78 is 5.17. The number of carbonyl (C=O) groups excluding carboxylic acids is 3. The van der Waals surface area contributed by atoms with Crippen LogP contribution in [0.5, 0.6) is 0 Å². The summed E-state index contributed by atoms with van der Waals surface area (Å²) >= 11 is 0. The minimum Gasteiger partial charge on any atom is -0.459 e. The van der Waals surface area contributed by atoms with Gasteiger partial charge in [-0.3, -0.25) is 24.3 Å². The molecular weight excluding hydrogens is 525 g/mol. The lowest BCUT2D eigenvalue weighted by atomic mass is 9.85. The maximum Gasteiger partial charge on any atom is 0.287 e. The third-order valence-corrected chi connectivity index (χ3v) is 6.41. The molecule has 4 rings (SSSR count). The number of aliphatic imine (C=N–C) groups is 1. The van der Waals surface area contributed by atoms with Gasteiger partial charge >= 0.3 is 0 Å². The van der Waals surface area contributed by atoms with Gasteiger partial charge in [0.15, 0.2) is 11.7 Å². The number of furan rings is 1. The highest BCUT2D eigenvalue weighted by atomic mass is 127. The van der Waals surface area contributed by atoms with Crippen molar-refractivity contribution in [3.63, 3.8) is 0 Å². The summed E-state index contributed by atoms with van der Waals surface area (Å²) in [4.78, 5) is 43.0. The fraction of sp³-hybridized carbons (Fsp3) is 0.545. The lowest BCUT2D eigenvalue weighted by molar-refractivity contribution is -0.140. The van der Waals surface area contributed by atoms with Gasteiger partial charge in [0.2, 0.25) is 11.8 Å². The van der Waals surface area contributed by atoms with E-state index in [4.69, 9.17) is 4.42 Å². The summed E-state index contributed by atoms with van der Waals surface area (Å²) in [6, 6.07) is 1.75. The third kappa shape index (κ3) is 4.69. The van der Waals surface area contributed by atoms with Crippen LogP contribution >= 0.6 is 24.0 Å². The van der Waals surface area contributed by atoms with Crippen LogP contribution in [0.2, 0.25) is 0 Å². The van der Waals surface area contributed by atoms with E-state index >= 15 is 0 Å². The van der Waals surface area contributed by atoms with E-state index in [9.17, 15) is 14.4 Å². The van der Waals surface area contributed by atoms with Gasteiger partial charge in [-0.25, -0.2) is 0 Å². The topological polar surface area (TPSA) is 116 Å². The van der Waals surface area contributed by atoms with Gasteiger partial charge in [-0.05, 0) is 37.7 Å². The van der Waals surface area contributed by atoms with Crippen LogP contribution in [0.25, 0.3) is 0 Å². The van der Waals surface area contributed by atoms with Crippen molar-refractivity contribution in [1.29, 1.82) is 0 Å². The van der Waals surface area contributed by atoms with Gasteiger partial charge < -0.3 is 20.4 Å². The number of likely N-dealkylation sites (tertiary alicyclic amines) is 1. The zero-order chi connectivity index (χ0) is 22.0. The van der Waals surface area contributed by atoms with Crippen LogP contribution in [0, 0.1) is 30.6 Å². The second-order valence-corrected chi connectivity index (χ2v) is 8.30. The minimum atomic E-state index is -0.224. The van der Waals surface area contributed by atoms with Crippen molar-refractivity contribution >= 4 is 47.7 Å². The minimum absolute atomic E-state index is 0. The summed E-state index contributed by atoms with van der Waals surface area (Å²) in [6.45, 7) is 3.71. The molecule has 4 unspecified atom stereocenters. The average Bonchev–Trinajstić information content (AvgIpc) is 3.53. The normalized spacial score (nSPS) is 25.7. The number of guanidine groups is 1. The Labute approximate surface area is 204 Å². The molecular formula is C22H30IN5O4. The molecule has 4 atom stereocenters. The van der Waals surface area contributed by atoms with Crippen molar-refractivity contribution in [2.75, 3.05) is 33.2 Å². The fourth-order valence-electron chi connectivity index (χ4n) is 4.87. The molecule has 1 saturated heterocycles. The number of fused-ring (bicyclic) bond motifs is 5. The summed E-state index contributed by atoms with van der Waals surface area (Å²) in [7, 11) is 1.66. The number of imide groups is 1. The smallest absolute Gasteiger partial charge is 0.287 e. The van der Waals surface area contributed by atoms with Crippen molar-refractivity contribution in [1.82, 2.24) is 20.9 Å². The van der Waals surface area contributed by atoms with E-state index in [1.165, 1.54) is 11.2 Å². The number of carbonyl (C=O) groups is 3. The molecule has 2 aliphatic carbocycles. The van der Waals surface area contributed by atoms with Gasteiger partial charge in [0, 0.05) is 38.8 Å². The van der Waals surface area contributed by atoms with E-state index in [0.29, 0.717) is 44.3 Å². The first-order chi connectivity index (χ1) is 15.0. The molecule has 1 saturated carbocycles. The maximum atomic E-state index is 12.7. The highest BCUT2D eigenvalue weighted by Gasteiger charge is 2.58. The maximum absolute atomic E-state index is 12.7. The molecule has 32 heavy (non-hydrogen) atoms. The average molecular weight is 555 g/mol. The van der Waals surface area contributed by atoms with Crippen molar-refractivity contribution in [2.45, 2.75) is 19.8 Å². The second kappa shape index (κ2) is 10.5. The van der Waals surface area contributed by atoms with Gasteiger partial charge in [0.25, 0.3) is 5.91 Å². The van der Waals surface area contributed by atoms with Crippen molar-refractivity contribution in [3.8, 4) is 0 Å². The fourth-order valence-corrected chi connectivity index (χ4v) is 4.87. The molecule has 0 radical (unpaired) electrons. The molecule has 2 bridgehead atoms. The van der Waals surface area contributed by atoms with Crippen LogP contribution in [0.1, 0.15) is 29.0 Å². The number of rotatable bonds is 8. The van der Waals surface area contributed by atoms with Crippen LogP contribution in [0.3, 0.4) is 0 Å². The number of allylic oxidation sites excluding steroid dienone is 2. The SMILES string of the molecule is CN=C(NCCCNC(=O)c1occc1C)NCCN1C(=O)C2C3C=CC(C3)C2C1=O.I. The molecule has 9 nitrogen and oxygen atoms in total. The molecule has 0 aromatic carbocycles. The Morgan fingerprint density at radius 3 is 2.31 bits per heavy atom. The molecule has 3 aliphatic rings. The van der Waals surface area contributed by atoms with Gasteiger partial charge in [0.1, 0.15) is 0 Å². The van der Waals surface area contributed by atoms with Crippen LogP contribution in [-0.2, 0) is 9.59 Å². The highest BCUT2D eigenvalue weighted by molar-refractivity contribution is 14.0. The Kier molecular flexibility index (Phi) is 7.96. The third-order valence-electron chi connectivity index (χ3n) is 6.41. The number of aryl methyl sites for hydroxylation is 1. The van der Waals surface area contributed by atoms with E-state index in [1.54, 1.807) is 13.1 Å². The van der Waals surface area contributed by atoms with Crippen molar-refractivity contribution in [2.24, 2.45) is 28.7 Å². The molecule has 2 heterocycles. The number of halogens is 1. The van der Waals surface area contributed by atoms with Crippen molar-refractivity contribution in [3.05, 3.63) is 35.8 Å². The van der Waals surface area contributed by atoms with Gasteiger partial charge in [-0.2, -0.15) is 0 Å². The van der Waals surface area contributed by atoms with E-state index in [1.807, 2.05) is 6.92 Å². The van der Waals surface area contributed by atoms with Gasteiger partial charge in [0.05, 0.1) is 18.1 Å². The predicted octanol–water partition coefficient (Wildman–Crippen LogP) is 1.30. The molecule has 0 spiro atoms. The Bertz CT molecular complexity index is 897. The van der Waals surface area contributed by atoms with E-state index in [2.05, 4.69) is 33.1 Å². The largest absolute Gasteiger partial charge is 0.459 e. The van der Waals surface area contributed by atoms with Gasteiger partial charge in [-0.1, -0.05) is 12.2 Å². The Balaban J connectivity index is 0.00000289. The Hall–Kier alpha value is -2.37. The lowest BCUT2D eigenvalue weighted by Crippen LogP contribution is -2.44. The zero-order valence-corrected chi connectivity index (χ0v) is 20.6. The van der Waals surface area contributed by atoms with E-state index in [0.717, 1.165) is 12.0 Å². The summed E-state index contributed by atoms with van der Waals surface area (Å²) in [5.41, 5.74) is 0.808. The molecule has 1 aromatic heterocycles. The lowest BCUT2D eigenvalue weighted by Gasteiger charge is -2.18. The highest BCUT2D eigenvalue weighted by Crippen LogP contribution is 2.52. The predicted molar refractivity (Wildman–Crippen MR) is 130 cm³/mol. The molecule has 1 aliphatic heterocycles. The van der Waals surface area contributed by atoms with Gasteiger partial charge in [-0.15, -0.1) is 24.0 Å². The molecule has 1 aromatic rings. The zero-order valence-electron chi connectivity index (χ0n) is 18.3. The van der Waals surface area contributed by atoms with Crippen LogP contribution in [0.4, 0.5) is 0 Å². The molecule has 2 fully saturated rings. The Morgan fingerprint density at radius 1 is 1.09 bits per heavy atom. The molecule has 3 N–H and O–H groups in total. The van der Waals surface area contributed by atoms with E-state index < -0.39 is 0 Å². The van der Waals surface area contributed by atoms with Crippen LogP contribution in [0.15, 0.2) is 33.9 Å². The first-order valence-electron chi connectivity index (χ1n) is 10.8. The standard InChI is InChI=1S/C22H29N5O4.HI/c1-13-6-11-31-18(13)19(28)24-7-3-8-25-22(23-2)26-9-10-27-20(29)16-14-4-5-15(12-14)17(16)21(27)30;/h4-6,11,14-17H,3,7-10,12H2,1-2H3,(H,24,28)(H2,23,25,26);1H. The summed E-state index contributed by atoms with van der Waals surface area (Å²) in [5, 5.41) is 9.13. The first kappa shape index (κ1) is 24.3. The summed E-state index contributed by atoms with van der Waals surface area (Å²) in [6.07, 6.45) is 7.34. The number of nitrogens with zero attached hydrogens (tertiary/aromatic N) is 2. The van der Waals surface area contributed by atoms with E-state index in [-0.39, 0.29) is 65.4 Å². The second-order valence-electron chi connectivity index (χ2n) is 8.30. The quantitative estimate of drug-likeness (QED) is 0.111. The monoisotopic (exact) mass is 555 g/mol. The molecule has 174 valence electrons. The Morgan fingerprint density at radius 2 is 1.72 bits per heavy atom. The number of nitrogens with one attached hydrogen (secondary N) is 3.